The van der Waals surface area contributed by atoms with Gasteiger partial charge in [0.05, 0.1) is 34.1 Å². The number of sulfonamides is 2. The van der Waals surface area contributed by atoms with E-state index in [9.17, 15) is 36.0 Å². The third-order valence-corrected chi connectivity index (χ3v) is 10.3. The fourth-order valence-corrected chi connectivity index (χ4v) is 6.60. The topological polar surface area (TPSA) is 203 Å². The second kappa shape index (κ2) is 18.7. The van der Waals surface area contributed by atoms with E-state index in [4.69, 9.17) is 9.47 Å². The molecule has 0 unspecified atom stereocenters. The molecule has 0 aliphatic heterocycles. The van der Waals surface area contributed by atoms with Crippen molar-refractivity contribution in [2.75, 3.05) is 23.8 Å². The molecule has 0 fully saturated rings. The van der Waals surface area contributed by atoms with E-state index in [1.54, 1.807) is 24.3 Å². The Morgan fingerprint density at radius 1 is 0.509 bits per heavy atom. The maximum Gasteiger partial charge on any atom is 0.338 e. The Balaban J connectivity index is 1.09. The lowest BCUT2D eigenvalue weighted by molar-refractivity contribution is 0.0496. The number of urea groups is 2. The summed E-state index contributed by atoms with van der Waals surface area (Å²) in [5.74, 6) is -1.19. The van der Waals surface area contributed by atoms with Crippen LogP contribution in [0.1, 0.15) is 63.9 Å². The molecule has 4 amide bonds. The first kappa shape index (κ1) is 40.0. The van der Waals surface area contributed by atoms with Crippen LogP contribution in [0, 0.1) is 13.8 Å². The zero-order valence-electron chi connectivity index (χ0n) is 29.1. The van der Waals surface area contributed by atoms with E-state index < -0.39 is 44.0 Å². The van der Waals surface area contributed by atoms with E-state index in [0.29, 0.717) is 12.8 Å². The Morgan fingerprint density at radius 2 is 0.868 bits per heavy atom. The van der Waals surface area contributed by atoms with Gasteiger partial charge in [-0.2, -0.15) is 0 Å². The van der Waals surface area contributed by atoms with Gasteiger partial charge in [-0.25, -0.2) is 45.5 Å². The van der Waals surface area contributed by atoms with Crippen LogP contribution in [0.15, 0.2) is 107 Å². The molecular weight excluding hydrogens is 725 g/mol. The molecule has 0 aliphatic carbocycles. The molecule has 0 spiro atoms. The van der Waals surface area contributed by atoms with E-state index in [1.165, 1.54) is 72.8 Å². The Morgan fingerprint density at radius 3 is 1.25 bits per heavy atom. The number of anilines is 2. The first-order valence-electron chi connectivity index (χ1n) is 16.6. The summed E-state index contributed by atoms with van der Waals surface area (Å²) in [7, 11) is -8.17. The average Bonchev–Trinajstić information content (AvgIpc) is 3.10. The molecule has 53 heavy (non-hydrogen) atoms. The molecule has 0 aromatic heterocycles. The lowest BCUT2D eigenvalue weighted by Crippen LogP contribution is -2.34. The average molecular weight is 765 g/mol. The number of ether oxygens (including phenoxy) is 2. The zero-order chi connectivity index (χ0) is 38.4. The molecular formula is C37H40N4O10S2. The van der Waals surface area contributed by atoms with Gasteiger partial charge in [-0.3, -0.25) is 0 Å². The molecule has 4 aromatic rings. The van der Waals surface area contributed by atoms with Gasteiger partial charge in [-0.1, -0.05) is 66.8 Å². The van der Waals surface area contributed by atoms with Crippen LogP contribution in [0.4, 0.5) is 21.0 Å². The molecule has 0 aliphatic rings. The quantitative estimate of drug-likeness (QED) is 0.0742. The molecule has 4 aromatic carbocycles. The maximum atomic E-state index is 12.5. The van der Waals surface area contributed by atoms with Gasteiger partial charge < -0.3 is 20.1 Å². The van der Waals surface area contributed by atoms with Gasteiger partial charge in [0.15, 0.2) is 0 Å². The normalized spacial score (nSPS) is 11.2. The van der Waals surface area contributed by atoms with Crippen LogP contribution in [0.2, 0.25) is 0 Å². The van der Waals surface area contributed by atoms with Gasteiger partial charge in [0.25, 0.3) is 20.0 Å². The van der Waals surface area contributed by atoms with Crippen LogP contribution < -0.4 is 20.1 Å². The highest BCUT2D eigenvalue weighted by atomic mass is 32.2. The summed E-state index contributed by atoms with van der Waals surface area (Å²) in [4.78, 5) is 49.6. The summed E-state index contributed by atoms with van der Waals surface area (Å²) in [6, 6.07) is 21.9. The smallest absolute Gasteiger partial charge is 0.338 e. The number of benzene rings is 4. The highest BCUT2D eigenvalue weighted by Gasteiger charge is 2.19. The predicted octanol–water partition coefficient (Wildman–Crippen LogP) is 6.29. The largest absolute Gasteiger partial charge is 0.462 e. The van der Waals surface area contributed by atoms with Gasteiger partial charge in [-0.05, 0) is 87.4 Å². The fraction of sp³-hybridized carbons (Fsp3) is 0.243. The number of carbonyl (C=O) groups is 4. The number of unbranched alkanes of at least 4 members (excludes halogenated alkanes) is 4. The molecule has 4 rings (SSSR count). The van der Waals surface area contributed by atoms with Crippen molar-refractivity contribution in [1.29, 1.82) is 0 Å². The fourth-order valence-electron chi connectivity index (χ4n) is 4.79. The second-order valence-electron chi connectivity index (χ2n) is 11.9. The molecule has 4 N–H and O–H groups in total. The number of hydrogen-bond donors (Lipinski definition) is 4. The first-order valence-corrected chi connectivity index (χ1v) is 19.5. The molecule has 0 atom stereocenters. The summed E-state index contributed by atoms with van der Waals surface area (Å²) in [5, 5.41) is 4.82. The Bertz CT molecular complexity index is 1990. The van der Waals surface area contributed by atoms with Crippen molar-refractivity contribution in [3.8, 4) is 0 Å². The van der Waals surface area contributed by atoms with Crippen LogP contribution in [0.5, 0.6) is 0 Å². The summed E-state index contributed by atoms with van der Waals surface area (Å²) in [6.45, 7) is 3.96. The van der Waals surface area contributed by atoms with E-state index >= 15 is 0 Å². The molecule has 0 bridgehead atoms. The third-order valence-electron chi connectivity index (χ3n) is 7.58. The van der Waals surface area contributed by atoms with E-state index in [-0.39, 0.29) is 45.5 Å². The number of amides is 4. The lowest BCUT2D eigenvalue weighted by Gasteiger charge is -2.10. The molecule has 16 heteroatoms. The Labute approximate surface area is 308 Å². The van der Waals surface area contributed by atoms with Crippen LogP contribution in [-0.4, -0.2) is 54.1 Å². The van der Waals surface area contributed by atoms with Crippen molar-refractivity contribution in [2.45, 2.75) is 55.7 Å². The van der Waals surface area contributed by atoms with Crippen molar-refractivity contribution < 1.29 is 45.5 Å². The first-order chi connectivity index (χ1) is 25.2. The Kier molecular flexibility index (Phi) is 14.1. The highest BCUT2D eigenvalue weighted by Crippen LogP contribution is 2.16. The monoisotopic (exact) mass is 764 g/mol. The second-order valence-corrected chi connectivity index (χ2v) is 15.3. The Hall–Kier alpha value is -5.74. The number of rotatable bonds is 16. The van der Waals surface area contributed by atoms with Gasteiger partial charge >= 0.3 is 24.0 Å². The summed E-state index contributed by atoms with van der Waals surface area (Å²) in [5.41, 5.74) is 2.51. The minimum atomic E-state index is -4.08. The highest BCUT2D eigenvalue weighted by molar-refractivity contribution is 7.90. The predicted molar refractivity (Wildman–Crippen MR) is 198 cm³/mol. The van der Waals surface area contributed by atoms with Crippen molar-refractivity contribution in [1.82, 2.24) is 9.44 Å². The summed E-state index contributed by atoms with van der Waals surface area (Å²) < 4.78 is 64.4. The van der Waals surface area contributed by atoms with Crippen LogP contribution in [0.3, 0.4) is 0 Å². The van der Waals surface area contributed by atoms with Gasteiger partial charge in [0.1, 0.15) is 0 Å². The van der Waals surface area contributed by atoms with Gasteiger partial charge in [0.2, 0.25) is 0 Å². The zero-order valence-corrected chi connectivity index (χ0v) is 30.7. The molecule has 0 saturated heterocycles. The van der Waals surface area contributed by atoms with Crippen molar-refractivity contribution in [3.63, 3.8) is 0 Å². The lowest BCUT2D eigenvalue weighted by atomic mass is 10.1. The van der Waals surface area contributed by atoms with Crippen molar-refractivity contribution >= 4 is 55.4 Å². The molecule has 0 saturated carbocycles. The number of esters is 2. The van der Waals surface area contributed by atoms with Crippen molar-refractivity contribution in [3.05, 3.63) is 119 Å². The van der Waals surface area contributed by atoms with E-state index in [0.717, 1.165) is 30.4 Å². The minimum Gasteiger partial charge on any atom is -0.462 e. The van der Waals surface area contributed by atoms with Crippen LogP contribution >= 0.6 is 0 Å². The summed E-state index contributed by atoms with van der Waals surface area (Å²) >= 11 is 0. The third kappa shape index (κ3) is 12.8. The standard InChI is InChI=1S/C37H40N4O10S2/c1-26-14-18-32(19-15-26)52(46,47)40-36(44)38-30-12-8-10-28(24-30)34(42)50-22-6-4-3-5-7-23-51-35(43)29-11-9-13-31(25-29)39-37(45)41-53(48,49)33-20-16-27(2)17-21-33/h8-21,24-25H,3-7,22-23H2,1-2H3,(H2,38,40,44)(H2,39,41,45). The molecule has 0 heterocycles. The number of carbonyl (C=O) groups excluding carboxylic acids is 4. The number of aryl methyl sites for hydroxylation is 2. The van der Waals surface area contributed by atoms with Crippen LogP contribution in [0.25, 0.3) is 0 Å². The molecule has 280 valence electrons. The SMILES string of the molecule is Cc1ccc(S(=O)(=O)NC(=O)Nc2cccc(C(=O)OCCCCCCCOC(=O)c3cccc(NC(=O)NS(=O)(=O)c4ccc(C)cc4)c3)c2)cc1. The molecule has 14 nitrogen and oxygen atoms in total. The van der Waals surface area contributed by atoms with Crippen LogP contribution in [-0.2, 0) is 29.5 Å². The van der Waals surface area contributed by atoms with E-state index in [2.05, 4.69) is 10.6 Å². The maximum absolute atomic E-state index is 12.5. The summed E-state index contributed by atoms with van der Waals surface area (Å²) in [6.07, 6.45) is 3.52. The van der Waals surface area contributed by atoms with E-state index in [1.807, 2.05) is 23.3 Å². The number of hydrogen-bond acceptors (Lipinski definition) is 10. The minimum absolute atomic E-state index is 0.0614. The van der Waals surface area contributed by atoms with Gasteiger partial charge in [-0.15, -0.1) is 0 Å². The number of nitrogens with one attached hydrogen (secondary N) is 4. The van der Waals surface area contributed by atoms with Crippen molar-refractivity contribution in [2.24, 2.45) is 0 Å². The van der Waals surface area contributed by atoms with Gasteiger partial charge in [0, 0.05) is 11.4 Å². The molecule has 0 radical (unpaired) electrons.